The van der Waals surface area contributed by atoms with E-state index < -0.39 is 12.0 Å². The Hall–Kier alpha value is -0.710. The fourth-order valence-corrected chi connectivity index (χ4v) is 1.62. The van der Waals surface area contributed by atoms with Gasteiger partial charge in [0, 0.05) is 6.42 Å². The number of carboxylic acid groups (broad SMARTS) is 1. The molecule has 16 heavy (non-hydrogen) atoms. The first-order valence-corrected chi connectivity index (χ1v) is 6.38. The summed E-state index contributed by atoms with van der Waals surface area (Å²) in [4.78, 5) is 22.1. The van der Waals surface area contributed by atoms with Gasteiger partial charge in [-0.3, -0.25) is 4.79 Å². The number of rotatable bonds is 9. The van der Waals surface area contributed by atoms with E-state index in [1.165, 1.54) is 0 Å². The summed E-state index contributed by atoms with van der Waals surface area (Å²) in [5.41, 5.74) is 0. The van der Waals surface area contributed by atoms with Crippen molar-refractivity contribution in [3.05, 3.63) is 0 Å². The standard InChI is InChI=1S/C11H21NO3S/c1-2-3-4-5-6-10(13)12-9(7-8-16)11(14)15/h9,16H,2-8H2,1H3,(H,12,13)(H,14,15). The second kappa shape index (κ2) is 9.51. The molecule has 0 aliphatic carbocycles. The lowest BCUT2D eigenvalue weighted by Crippen LogP contribution is -2.40. The molecule has 0 bridgehead atoms. The molecule has 1 amide bonds. The van der Waals surface area contributed by atoms with Crippen molar-refractivity contribution < 1.29 is 14.7 Å². The number of carboxylic acids is 1. The number of amides is 1. The van der Waals surface area contributed by atoms with Crippen LogP contribution in [0.15, 0.2) is 0 Å². The van der Waals surface area contributed by atoms with Crippen LogP contribution in [0.3, 0.4) is 0 Å². The van der Waals surface area contributed by atoms with Crippen LogP contribution in [0, 0.1) is 0 Å². The molecule has 1 unspecified atom stereocenters. The molecule has 0 aromatic rings. The Labute approximate surface area is 102 Å². The molecule has 0 heterocycles. The van der Waals surface area contributed by atoms with E-state index in [4.69, 9.17) is 5.11 Å². The van der Waals surface area contributed by atoms with Gasteiger partial charge in [0.1, 0.15) is 6.04 Å². The van der Waals surface area contributed by atoms with E-state index in [0.717, 1.165) is 25.7 Å². The van der Waals surface area contributed by atoms with Gasteiger partial charge in [0.05, 0.1) is 0 Å². The Morgan fingerprint density at radius 1 is 1.31 bits per heavy atom. The minimum absolute atomic E-state index is 0.176. The highest BCUT2D eigenvalue weighted by atomic mass is 32.1. The first-order valence-electron chi connectivity index (χ1n) is 5.74. The fourth-order valence-electron chi connectivity index (χ4n) is 1.37. The average molecular weight is 247 g/mol. The predicted molar refractivity (Wildman–Crippen MR) is 66.8 cm³/mol. The monoisotopic (exact) mass is 247 g/mol. The maximum atomic E-state index is 11.4. The number of hydrogen-bond acceptors (Lipinski definition) is 3. The molecule has 0 aromatic carbocycles. The zero-order chi connectivity index (χ0) is 12.4. The lowest BCUT2D eigenvalue weighted by molar-refractivity contribution is -0.141. The lowest BCUT2D eigenvalue weighted by Gasteiger charge is -2.13. The Bertz CT molecular complexity index is 221. The third-order valence-corrected chi connectivity index (χ3v) is 2.57. The maximum Gasteiger partial charge on any atom is 0.326 e. The number of unbranched alkanes of at least 4 members (excludes halogenated alkanes) is 3. The van der Waals surface area contributed by atoms with Crippen LogP contribution in [0.25, 0.3) is 0 Å². The molecule has 2 N–H and O–H groups in total. The Morgan fingerprint density at radius 2 is 2.00 bits per heavy atom. The SMILES string of the molecule is CCCCCCC(=O)NC(CCS)C(=O)O. The number of hydrogen-bond donors (Lipinski definition) is 3. The van der Waals surface area contributed by atoms with Crippen molar-refractivity contribution in [3.8, 4) is 0 Å². The van der Waals surface area contributed by atoms with E-state index in [9.17, 15) is 9.59 Å². The smallest absolute Gasteiger partial charge is 0.326 e. The fraction of sp³-hybridized carbons (Fsp3) is 0.818. The molecule has 0 rings (SSSR count). The van der Waals surface area contributed by atoms with E-state index in [2.05, 4.69) is 24.9 Å². The van der Waals surface area contributed by atoms with Crippen molar-refractivity contribution >= 4 is 24.5 Å². The van der Waals surface area contributed by atoms with Crippen LogP contribution in [-0.2, 0) is 9.59 Å². The number of aliphatic carboxylic acids is 1. The summed E-state index contributed by atoms with van der Waals surface area (Å²) in [7, 11) is 0. The van der Waals surface area contributed by atoms with E-state index in [1.807, 2.05) is 0 Å². The average Bonchev–Trinajstić information content (AvgIpc) is 2.23. The Balaban J connectivity index is 3.77. The van der Waals surface area contributed by atoms with Crippen LogP contribution < -0.4 is 5.32 Å². The molecule has 0 aromatic heterocycles. The van der Waals surface area contributed by atoms with Gasteiger partial charge in [-0.15, -0.1) is 0 Å². The van der Waals surface area contributed by atoms with Crippen molar-refractivity contribution in [2.45, 2.75) is 51.5 Å². The molecule has 4 nitrogen and oxygen atoms in total. The van der Waals surface area contributed by atoms with Gasteiger partial charge >= 0.3 is 5.97 Å². The van der Waals surface area contributed by atoms with Crippen LogP contribution in [0.1, 0.15) is 45.4 Å². The van der Waals surface area contributed by atoms with Crippen LogP contribution in [0.2, 0.25) is 0 Å². The third kappa shape index (κ3) is 7.56. The molecule has 0 fully saturated rings. The second-order valence-corrected chi connectivity index (χ2v) is 4.23. The normalized spacial score (nSPS) is 12.1. The summed E-state index contributed by atoms with van der Waals surface area (Å²) >= 11 is 3.96. The molecule has 0 aliphatic rings. The van der Waals surface area contributed by atoms with Gasteiger partial charge in [-0.25, -0.2) is 4.79 Å². The summed E-state index contributed by atoms with van der Waals surface area (Å²) in [6, 6.07) is -0.795. The molecule has 1 atom stereocenters. The van der Waals surface area contributed by atoms with E-state index in [-0.39, 0.29) is 5.91 Å². The van der Waals surface area contributed by atoms with Gasteiger partial charge in [-0.2, -0.15) is 12.6 Å². The van der Waals surface area contributed by atoms with Crippen LogP contribution in [0.4, 0.5) is 0 Å². The maximum absolute atomic E-state index is 11.4. The first-order chi connectivity index (χ1) is 7.61. The molecule has 5 heteroatoms. The molecule has 0 saturated carbocycles. The Morgan fingerprint density at radius 3 is 2.50 bits per heavy atom. The molecular weight excluding hydrogens is 226 g/mol. The Kier molecular flexibility index (Phi) is 9.09. The largest absolute Gasteiger partial charge is 0.480 e. The van der Waals surface area contributed by atoms with Gasteiger partial charge in [0.15, 0.2) is 0 Å². The van der Waals surface area contributed by atoms with Crippen LogP contribution >= 0.6 is 12.6 Å². The van der Waals surface area contributed by atoms with Gasteiger partial charge in [0.2, 0.25) is 5.91 Å². The van der Waals surface area contributed by atoms with Crippen molar-refractivity contribution in [2.75, 3.05) is 5.75 Å². The van der Waals surface area contributed by atoms with E-state index in [0.29, 0.717) is 18.6 Å². The molecule has 94 valence electrons. The third-order valence-electron chi connectivity index (χ3n) is 2.31. The zero-order valence-electron chi connectivity index (χ0n) is 9.74. The van der Waals surface area contributed by atoms with Crippen LogP contribution in [0.5, 0.6) is 0 Å². The second-order valence-electron chi connectivity index (χ2n) is 3.78. The highest BCUT2D eigenvalue weighted by molar-refractivity contribution is 7.80. The molecule has 0 radical (unpaired) electrons. The summed E-state index contributed by atoms with van der Waals surface area (Å²) in [6.45, 7) is 2.10. The highest BCUT2D eigenvalue weighted by Gasteiger charge is 2.18. The number of nitrogens with one attached hydrogen (secondary N) is 1. The van der Waals surface area contributed by atoms with Gasteiger partial charge < -0.3 is 10.4 Å². The van der Waals surface area contributed by atoms with Gasteiger partial charge in [0.25, 0.3) is 0 Å². The minimum Gasteiger partial charge on any atom is -0.480 e. The summed E-state index contributed by atoms with van der Waals surface area (Å²) in [5, 5.41) is 11.3. The minimum atomic E-state index is -0.990. The molecular formula is C11H21NO3S. The molecule has 0 saturated heterocycles. The van der Waals surface area contributed by atoms with Gasteiger partial charge in [-0.1, -0.05) is 26.2 Å². The number of carbonyl (C=O) groups is 2. The topological polar surface area (TPSA) is 66.4 Å². The first kappa shape index (κ1) is 15.3. The molecule has 0 spiro atoms. The number of thiol groups is 1. The van der Waals surface area contributed by atoms with Gasteiger partial charge in [-0.05, 0) is 18.6 Å². The summed E-state index contributed by atoms with van der Waals surface area (Å²) < 4.78 is 0. The summed E-state index contributed by atoms with van der Waals surface area (Å²) in [6.07, 6.45) is 4.86. The van der Waals surface area contributed by atoms with Crippen molar-refractivity contribution in [2.24, 2.45) is 0 Å². The van der Waals surface area contributed by atoms with E-state index in [1.54, 1.807) is 0 Å². The van der Waals surface area contributed by atoms with Crippen molar-refractivity contribution in [1.29, 1.82) is 0 Å². The van der Waals surface area contributed by atoms with Crippen molar-refractivity contribution in [3.63, 3.8) is 0 Å². The highest BCUT2D eigenvalue weighted by Crippen LogP contribution is 2.03. The quantitative estimate of drug-likeness (QED) is 0.430. The van der Waals surface area contributed by atoms with Crippen LogP contribution in [-0.4, -0.2) is 28.8 Å². The summed E-state index contributed by atoms with van der Waals surface area (Å²) in [5.74, 6) is -0.714. The van der Waals surface area contributed by atoms with Crippen molar-refractivity contribution in [1.82, 2.24) is 5.32 Å². The van der Waals surface area contributed by atoms with E-state index >= 15 is 0 Å². The molecule has 0 aliphatic heterocycles. The zero-order valence-corrected chi connectivity index (χ0v) is 10.6. The lowest BCUT2D eigenvalue weighted by atomic mass is 10.1. The number of carbonyl (C=O) groups excluding carboxylic acids is 1. The predicted octanol–water partition coefficient (Wildman–Crippen LogP) is 1.85.